The molecule has 9 heteroatoms. The average Bonchev–Trinajstić information content (AvgIpc) is 3.33. The van der Waals surface area contributed by atoms with E-state index >= 15 is 0 Å². The molecule has 0 radical (unpaired) electrons. The van der Waals surface area contributed by atoms with Crippen LogP contribution in [0.4, 0.5) is 11.6 Å². The van der Waals surface area contributed by atoms with E-state index in [1.54, 1.807) is 30.1 Å². The highest BCUT2D eigenvalue weighted by molar-refractivity contribution is 7.18. The normalized spacial score (nSPS) is 14.8. The number of carbonyl (C=O) groups is 1. The standard InChI is InChI=1S/C23H25N7OS/c1-13-15(3)32-23-18(13)21(25-12-26-23)30-10-6-17(7-11-30)22(31)27-20-14(2)19(28-29-20)16-4-8-24-9-5-16/h4-5,8-9,12,17H,6-7,10-11H2,1-3H3,(H2,27,28,29,31). The van der Waals surface area contributed by atoms with Crippen LogP contribution < -0.4 is 10.2 Å². The van der Waals surface area contributed by atoms with Gasteiger partial charge in [-0.2, -0.15) is 5.10 Å². The molecule has 0 atom stereocenters. The van der Waals surface area contributed by atoms with Crippen molar-refractivity contribution in [2.45, 2.75) is 33.6 Å². The van der Waals surface area contributed by atoms with Gasteiger partial charge in [0.05, 0.1) is 11.1 Å². The monoisotopic (exact) mass is 447 g/mol. The highest BCUT2D eigenvalue weighted by Crippen LogP contribution is 2.36. The van der Waals surface area contributed by atoms with Gasteiger partial charge in [-0.05, 0) is 51.3 Å². The van der Waals surface area contributed by atoms with Crippen molar-refractivity contribution in [3.8, 4) is 11.3 Å². The summed E-state index contributed by atoms with van der Waals surface area (Å²) in [6, 6.07) is 3.84. The summed E-state index contributed by atoms with van der Waals surface area (Å²) in [5, 5.41) is 11.5. The number of aromatic nitrogens is 5. The number of nitrogens with one attached hydrogen (secondary N) is 2. The van der Waals surface area contributed by atoms with Crippen molar-refractivity contribution in [1.82, 2.24) is 25.1 Å². The van der Waals surface area contributed by atoms with E-state index in [0.29, 0.717) is 5.82 Å². The minimum Gasteiger partial charge on any atom is -0.356 e. The topological polar surface area (TPSA) is 99.7 Å². The number of hydrogen-bond acceptors (Lipinski definition) is 7. The molecule has 4 aromatic rings. The third-order valence-corrected chi connectivity index (χ3v) is 7.45. The number of H-pyrrole nitrogens is 1. The maximum Gasteiger partial charge on any atom is 0.228 e. The number of hydrogen-bond donors (Lipinski definition) is 2. The number of carbonyl (C=O) groups excluding carboxylic acids is 1. The van der Waals surface area contributed by atoms with Crippen LogP contribution in [0.15, 0.2) is 30.9 Å². The van der Waals surface area contributed by atoms with E-state index in [-0.39, 0.29) is 11.8 Å². The third-order valence-electron chi connectivity index (χ3n) is 6.33. The number of anilines is 2. The lowest BCUT2D eigenvalue weighted by molar-refractivity contribution is -0.120. The molecule has 0 unspecified atom stereocenters. The summed E-state index contributed by atoms with van der Waals surface area (Å²) in [6.07, 6.45) is 6.69. The molecule has 5 heterocycles. The van der Waals surface area contributed by atoms with E-state index in [1.165, 1.54) is 10.4 Å². The number of rotatable bonds is 4. The fraction of sp³-hybridized carbons (Fsp3) is 0.348. The minimum absolute atomic E-state index is 0.0240. The average molecular weight is 448 g/mol. The second-order valence-electron chi connectivity index (χ2n) is 8.22. The van der Waals surface area contributed by atoms with E-state index in [0.717, 1.165) is 58.8 Å². The molecule has 1 aliphatic rings. The van der Waals surface area contributed by atoms with Gasteiger partial charge in [-0.15, -0.1) is 11.3 Å². The maximum absolute atomic E-state index is 13.0. The lowest BCUT2D eigenvalue weighted by Gasteiger charge is -2.32. The summed E-state index contributed by atoms with van der Waals surface area (Å²) in [5.41, 5.74) is 4.06. The van der Waals surface area contributed by atoms with E-state index in [2.05, 4.69) is 49.2 Å². The van der Waals surface area contributed by atoms with Gasteiger partial charge in [0.2, 0.25) is 5.91 Å². The Hall–Kier alpha value is -3.33. The molecule has 1 amide bonds. The van der Waals surface area contributed by atoms with Gasteiger partial charge in [-0.3, -0.25) is 14.9 Å². The molecule has 0 spiro atoms. The van der Waals surface area contributed by atoms with Gasteiger partial charge < -0.3 is 10.2 Å². The van der Waals surface area contributed by atoms with E-state index in [9.17, 15) is 4.79 Å². The molecule has 1 fully saturated rings. The molecule has 5 rings (SSSR count). The summed E-state index contributed by atoms with van der Waals surface area (Å²) in [7, 11) is 0. The number of thiophene rings is 1. The van der Waals surface area contributed by atoms with Gasteiger partial charge in [0, 0.05) is 47.4 Å². The Kier molecular flexibility index (Phi) is 5.34. The SMILES string of the molecule is Cc1sc2ncnc(N3CCC(C(=O)Nc4n[nH]c(-c5ccncc5)c4C)CC3)c2c1C. The highest BCUT2D eigenvalue weighted by atomic mass is 32.1. The number of aryl methyl sites for hydroxylation is 2. The van der Waals surface area contributed by atoms with Crippen LogP contribution >= 0.6 is 11.3 Å². The van der Waals surface area contributed by atoms with Crippen molar-refractivity contribution in [2.75, 3.05) is 23.3 Å². The Bertz CT molecular complexity index is 1270. The highest BCUT2D eigenvalue weighted by Gasteiger charge is 2.28. The molecule has 164 valence electrons. The zero-order valence-corrected chi connectivity index (χ0v) is 19.2. The van der Waals surface area contributed by atoms with Gasteiger partial charge in [0.25, 0.3) is 0 Å². The van der Waals surface area contributed by atoms with Crippen LogP contribution in [0.1, 0.15) is 28.8 Å². The first-order chi connectivity index (χ1) is 15.5. The van der Waals surface area contributed by atoms with Crippen molar-refractivity contribution in [2.24, 2.45) is 5.92 Å². The molecule has 0 saturated carbocycles. The number of fused-ring (bicyclic) bond motifs is 1. The molecule has 8 nitrogen and oxygen atoms in total. The predicted molar refractivity (Wildman–Crippen MR) is 127 cm³/mol. The molecule has 0 aromatic carbocycles. The number of nitrogens with zero attached hydrogens (tertiary/aromatic N) is 5. The third kappa shape index (κ3) is 3.62. The first-order valence-corrected chi connectivity index (χ1v) is 11.6. The maximum atomic E-state index is 13.0. The molecule has 0 aliphatic carbocycles. The van der Waals surface area contributed by atoms with E-state index in [4.69, 9.17) is 0 Å². The van der Waals surface area contributed by atoms with Gasteiger partial charge in [-0.25, -0.2) is 9.97 Å². The fourth-order valence-electron chi connectivity index (χ4n) is 4.30. The van der Waals surface area contributed by atoms with Crippen LogP contribution in [0.25, 0.3) is 21.5 Å². The Morgan fingerprint density at radius 2 is 1.88 bits per heavy atom. The Labute approximate surface area is 190 Å². The van der Waals surface area contributed by atoms with E-state index < -0.39 is 0 Å². The van der Waals surface area contributed by atoms with Gasteiger partial charge in [0.1, 0.15) is 17.0 Å². The minimum atomic E-state index is -0.0469. The summed E-state index contributed by atoms with van der Waals surface area (Å²) in [4.78, 5) is 30.6. The summed E-state index contributed by atoms with van der Waals surface area (Å²) >= 11 is 1.71. The van der Waals surface area contributed by atoms with Crippen LogP contribution in [0, 0.1) is 26.7 Å². The second kappa shape index (κ2) is 8.31. The predicted octanol–water partition coefficient (Wildman–Crippen LogP) is 4.26. The fourth-order valence-corrected chi connectivity index (χ4v) is 5.29. The van der Waals surface area contributed by atoms with Gasteiger partial charge >= 0.3 is 0 Å². The zero-order valence-electron chi connectivity index (χ0n) is 18.3. The molecule has 1 saturated heterocycles. The summed E-state index contributed by atoms with van der Waals surface area (Å²) < 4.78 is 0. The Morgan fingerprint density at radius 1 is 1.12 bits per heavy atom. The van der Waals surface area contributed by atoms with Crippen molar-refractivity contribution >= 4 is 39.1 Å². The number of pyridine rings is 1. The van der Waals surface area contributed by atoms with Crippen molar-refractivity contribution in [3.05, 3.63) is 46.9 Å². The van der Waals surface area contributed by atoms with Gasteiger partial charge in [0.15, 0.2) is 5.82 Å². The molecule has 4 aromatic heterocycles. The first kappa shape index (κ1) is 20.6. The first-order valence-electron chi connectivity index (χ1n) is 10.7. The lowest BCUT2D eigenvalue weighted by Crippen LogP contribution is -2.38. The molecule has 32 heavy (non-hydrogen) atoms. The smallest absolute Gasteiger partial charge is 0.228 e. The number of amides is 1. The van der Waals surface area contributed by atoms with Crippen LogP contribution in [0.2, 0.25) is 0 Å². The van der Waals surface area contributed by atoms with Crippen molar-refractivity contribution < 1.29 is 4.79 Å². The Morgan fingerprint density at radius 3 is 2.62 bits per heavy atom. The Balaban J connectivity index is 1.27. The van der Waals surface area contributed by atoms with Crippen molar-refractivity contribution in [1.29, 1.82) is 0 Å². The zero-order chi connectivity index (χ0) is 22.2. The van der Waals surface area contributed by atoms with Gasteiger partial charge in [-0.1, -0.05) is 0 Å². The van der Waals surface area contributed by atoms with Crippen LogP contribution in [-0.4, -0.2) is 44.1 Å². The quantitative estimate of drug-likeness (QED) is 0.485. The van der Waals surface area contributed by atoms with Crippen LogP contribution in [0.5, 0.6) is 0 Å². The molecule has 0 bridgehead atoms. The molecule has 2 N–H and O–H groups in total. The second-order valence-corrected chi connectivity index (χ2v) is 9.42. The number of aromatic amines is 1. The lowest BCUT2D eigenvalue weighted by atomic mass is 9.95. The van der Waals surface area contributed by atoms with Crippen molar-refractivity contribution in [3.63, 3.8) is 0 Å². The van der Waals surface area contributed by atoms with Crippen LogP contribution in [0.3, 0.4) is 0 Å². The molecular formula is C23H25N7OS. The summed E-state index contributed by atoms with van der Waals surface area (Å²) in [6.45, 7) is 7.80. The molecular weight excluding hydrogens is 422 g/mol. The molecule has 1 aliphatic heterocycles. The largest absolute Gasteiger partial charge is 0.356 e. The van der Waals surface area contributed by atoms with E-state index in [1.807, 2.05) is 19.1 Å². The number of piperidine rings is 1. The van der Waals surface area contributed by atoms with Crippen LogP contribution in [-0.2, 0) is 4.79 Å². The summed E-state index contributed by atoms with van der Waals surface area (Å²) in [5.74, 6) is 1.55.